The predicted octanol–water partition coefficient (Wildman–Crippen LogP) is 3.99. The summed E-state index contributed by atoms with van der Waals surface area (Å²) in [6.07, 6.45) is 4.42. The summed E-state index contributed by atoms with van der Waals surface area (Å²) in [5.41, 5.74) is 4.45. The fourth-order valence-electron chi connectivity index (χ4n) is 6.12. The average molecular weight is 446 g/mol. The minimum absolute atomic E-state index is 0.00127. The molecule has 2 aromatic carbocycles. The fourth-order valence-corrected chi connectivity index (χ4v) is 6.12. The Morgan fingerprint density at radius 1 is 0.909 bits per heavy atom. The number of ether oxygens (including phenoxy) is 1. The Morgan fingerprint density at radius 2 is 1.70 bits per heavy atom. The zero-order valence-corrected chi connectivity index (χ0v) is 19.0. The molecular formula is C27H31N3O3. The standard InChI is InChI=1S/C27H31N3O3/c31-25-6-3-14-29(25)22-9-7-21(8-10-22)26-23-5-2-1-4-19(23)13-17-30(26)27(32)33-24-18-28-15-11-20(24)12-16-28/h1-2,4-5,7-10,20,24,26H,3,6,11-18H2/t24-,26-/m1/s1. The van der Waals surface area contributed by atoms with Gasteiger partial charge < -0.3 is 9.64 Å². The first-order chi connectivity index (χ1) is 16.2. The van der Waals surface area contributed by atoms with Gasteiger partial charge in [0.2, 0.25) is 5.91 Å². The number of rotatable bonds is 3. The van der Waals surface area contributed by atoms with E-state index in [4.69, 9.17) is 4.74 Å². The van der Waals surface area contributed by atoms with Gasteiger partial charge in [-0.1, -0.05) is 36.4 Å². The normalized spacial score (nSPS) is 28.7. The zero-order valence-electron chi connectivity index (χ0n) is 19.0. The van der Waals surface area contributed by atoms with Crippen molar-refractivity contribution in [3.05, 3.63) is 65.2 Å². The van der Waals surface area contributed by atoms with Crippen LogP contribution >= 0.6 is 0 Å². The molecule has 0 saturated carbocycles. The van der Waals surface area contributed by atoms with Gasteiger partial charge in [0.25, 0.3) is 0 Å². The molecule has 33 heavy (non-hydrogen) atoms. The lowest BCUT2D eigenvalue weighted by atomic mass is 9.86. The van der Waals surface area contributed by atoms with Crippen molar-refractivity contribution >= 4 is 17.7 Å². The average Bonchev–Trinajstić information content (AvgIpc) is 3.30. The van der Waals surface area contributed by atoms with Gasteiger partial charge in [-0.15, -0.1) is 0 Å². The molecule has 2 aromatic rings. The minimum Gasteiger partial charge on any atom is -0.444 e. The molecule has 5 aliphatic rings. The molecule has 0 aromatic heterocycles. The van der Waals surface area contributed by atoms with Crippen molar-refractivity contribution in [1.29, 1.82) is 0 Å². The van der Waals surface area contributed by atoms with Gasteiger partial charge in [-0.2, -0.15) is 0 Å². The van der Waals surface area contributed by atoms with Crippen LogP contribution in [-0.2, 0) is 16.0 Å². The third-order valence-corrected chi connectivity index (χ3v) is 7.96. The Bertz CT molecular complexity index is 1040. The number of hydrogen-bond donors (Lipinski definition) is 0. The first-order valence-corrected chi connectivity index (χ1v) is 12.3. The smallest absolute Gasteiger partial charge is 0.410 e. The maximum Gasteiger partial charge on any atom is 0.410 e. The maximum atomic E-state index is 13.5. The molecule has 0 N–H and O–H groups in total. The van der Waals surface area contributed by atoms with Crippen LogP contribution < -0.4 is 4.90 Å². The lowest BCUT2D eigenvalue weighted by molar-refractivity contribution is -0.117. The molecule has 5 aliphatic heterocycles. The van der Waals surface area contributed by atoms with E-state index in [0.717, 1.165) is 63.1 Å². The lowest BCUT2D eigenvalue weighted by Crippen LogP contribution is -2.53. The number of anilines is 1. The first-order valence-electron chi connectivity index (χ1n) is 12.3. The van der Waals surface area contributed by atoms with Gasteiger partial charge in [0.1, 0.15) is 6.10 Å². The quantitative estimate of drug-likeness (QED) is 0.717. The third kappa shape index (κ3) is 3.80. The van der Waals surface area contributed by atoms with Crippen molar-refractivity contribution in [1.82, 2.24) is 9.80 Å². The molecule has 0 spiro atoms. The molecule has 4 fully saturated rings. The minimum atomic E-state index is -0.202. The van der Waals surface area contributed by atoms with Crippen molar-refractivity contribution in [3.63, 3.8) is 0 Å². The molecular weight excluding hydrogens is 414 g/mol. The van der Waals surface area contributed by atoms with Crippen LogP contribution in [0.1, 0.15) is 48.4 Å². The van der Waals surface area contributed by atoms with Crippen LogP contribution in [0, 0.1) is 5.92 Å². The highest BCUT2D eigenvalue weighted by Crippen LogP contribution is 2.38. The van der Waals surface area contributed by atoms with Crippen molar-refractivity contribution < 1.29 is 14.3 Å². The van der Waals surface area contributed by atoms with Crippen LogP contribution in [-0.4, -0.2) is 60.6 Å². The zero-order chi connectivity index (χ0) is 22.4. The summed E-state index contributed by atoms with van der Waals surface area (Å²) in [5.74, 6) is 0.681. The highest BCUT2D eigenvalue weighted by Gasteiger charge is 2.39. The summed E-state index contributed by atoms with van der Waals surface area (Å²) in [5, 5.41) is 0. The Balaban J connectivity index is 1.28. The number of carbonyl (C=O) groups excluding carboxylic acids is 2. The number of fused-ring (bicyclic) bond motifs is 4. The van der Waals surface area contributed by atoms with E-state index in [0.29, 0.717) is 18.9 Å². The van der Waals surface area contributed by atoms with Crippen molar-refractivity contribution in [3.8, 4) is 0 Å². The number of nitrogens with zero attached hydrogens (tertiary/aromatic N) is 3. The molecule has 5 heterocycles. The molecule has 2 amide bonds. The molecule has 0 unspecified atom stereocenters. The number of benzene rings is 2. The highest BCUT2D eigenvalue weighted by atomic mass is 16.6. The Kier molecular flexibility index (Phi) is 5.33. The molecule has 0 aliphatic carbocycles. The van der Waals surface area contributed by atoms with Crippen LogP contribution in [0.5, 0.6) is 0 Å². The fraction of sp³-hybridized carbons (Fsp3) is 0.481. The Morgan fingerprint density at radius 3 is 2.39 bits per heavy atom. The van der Waals surface area contributed by atoms with Crippen molar-refractivity contribution in [2.75, 3.05) is 37.6 Å². The number of amides is 2. The summed E-state index contributed by atoms with van der Waals surface area (Å²) >= 11 is 0. The summed E-state index contributed by atoms with van der Waals surface area (Å²) < 4.78 is 6.14. The SMILES string of the molecule is O=C1CCCN1c1ccc([C@@H]2c3ccccc3CCN2C(=O)O[C@@H]2CN3CCC2CC3)cc1. The molecule has 6 nitrogen and oxygen atoms in total. The van der Waals surface area contributed by atoms with E-state index in [1.165, 1.54) is 11.1 Å². The predicted molar refractivity (Wildman–Crippen MR) is 126 cm³/mol. The number of carbonyl (C=O) groups is 2. The van der Waals surface area contributed by atoms with Gasteiger partial charge in [0, 0.05) is 31.7 Å². The van der Waals surface area contributed by atoms with Crippen molar-refractivity contribution in [2.45, 2.75) is 44.2 Å². The van der Waals surface area contributed by atoms with E-state index >= 15 is 0 Å². The summed E-state index contributed by atoms with van der Waals surface area (Å²) in [6.45, 7) is 4.55. The second kappa shape index (κ2) is 8.49. The van der Waals surface area contributed by atoms with Crippen LogP contribution in [0.25, 0.3) is 0 Å². The number of hydrogen-bond acceptors (Lipinski definition) is 4. The summed E-state index contributed by atoms with van der Waals surface area (Å²) in [7, 11) is 0. The second-order valence-corrected chi connectivity index (χ2v) is 9.85. The monoisotopic (exact) mass is 445 g/mol. The van der Waals surface area contributed by atoms with Gasteiger partial charge in [-0.25, -0.2) is 4.79 Å². The molecule has 2 bridgehead atoms. The van der Waals surface area contributed by atoms with Gasteiger partial charge >= 0.3 is 6.09 Å². The molecule has 172 valence electrons. The summed E-state index contributed by atoms with van der Waals surface area (Å²) in [4.78, 5) is 31.8. The number of piperidine rings is 3. The molecule has 2 atom stereocenters. The molecule has 4 saturated heterocycles. The van der Waals surface area contributed by atoms with E-state index in [1.807, 2.05) is 28.0 Å². The van der Waals surface area contributed by atoms with Crippen LogP contribution in [0.2, 0.25) is 0 Å². The van der Waals surface area contributed by atoms with Gasteiger partial charge in [-0.3, -0.25) is 14.6 Å². The van der Waals surface area contributed by atoms with Gasteiger partial charge in [0.15, 0.2) is 0 Å². The second-order valence-electron chi connectivity index (χ2n) is 9.85. The highest BCUT2D eigenvalue weighted by molar-refractivity contribution is 5.95. The van der Waals surface area contributed by atoms with E-state index in [-0.39, 0.29) is 24.1 Å². The maximum absolute atomic E-state index is 13.5. The first kappa shape index (κ1) is 20.7. The van der Waals surface area contributed by atoms with Crippen LogP contribution in [0.3, 0.4) is 0 Å². The van der Waals surface area contributed by atoms with Gasteiger partial charge in [-0.05, 0) is 73.5 Å². The van der Waals surface area contributed by atoms with E-state index in [2.05, 4.69) is 35.2 Å². The van der Waals surface area contributed by atoms with E-state index in [9.17, 15) is 9.59 Å². The van der Waals surface area contributed by atoms with E-state index in [1.54, 1.807) is 0 Å². The van der Waals surface area contributed by atoms with Crippen LogP contribution in [0.4, 0.5) is 10.5 Å². The Labute approximate surface area is 195 Å². The lowest BCUT2D eigenvalue weighted by Gasteiger charge is -2.45. The topological polar surface area (TPSA) is 53.1 Å². The molecule has 6 heteroatoms. The van der Waals surface area contributed by atoms with Crippen LogP contribution in [0.15, 0.2) is 48.5 Å². The Hall–Kier alpha value is -2.86. The third-order valence-electron chi connectivity index (χ3n) is 7.96. The molecule has 7 rings (SSSR count). The largest absolute Gasteiger partial charge is 0.444 e. The van der Waals surface area contributed by atoms with E-state index < -0.39 is 0 Å². The summed E-state index contributed by atoms with van der Waals surface area (Å²) in [6, 6.07) is 16.4. The molecule has 0 radical (unpaired) electrons. The van der Waals surface area contributed by atoms with Gasteiger partial charge in [0.05, 0.1) is 6.04 Å². The van der Waals surface area contributed by atoms with Crippen molar-refractivity contribution in [2.24, 2.45) is 5.92 Å².